The number of fused-ring (bicyclic) bond motifs is 1. The highest BCUT2D eigenvalue weighted by molar-refractivity contribution is 6.22. The molecule has 0 saturated heterocycles. The van der Waals surface area contributed by atoms with Crippen LogP contribution in [-0.2, 0) is 20.9 Å². The van der Waals surface area contributed by atoms with Gasteiger partial charge in [0, 0.05) is 0 Å². The highest BCUT2D eigenvalue weighted by Gasteiger charge is 2.43. The zero-order valence-corrected chi connectivity index (χ0v) is 18.1. The number of nitrogens with zero attached hydrogens (tertiary/aromatic N) is 1. The number of amides is 4. The molecule has 0 spiro atoms. The Kier molecular flexibility index (Phi) is 7.37. The maximum absolute atomic E-state index is 13.2. The standard InChI is InChI=1S/C24H27N3O5/c1-3-15(2)20(21(25)28)26-22(29)19(14-32-13-16-9-5-4-6-10-16)27-23(30)17-11-7-8-12-18(17)24(27)31/h4-12,15,19-20H,3,13-14H2,1-2H3,(H2,25,28)(H,26,29)/t15-,19-,20-/m0/s1. The van der Waals surface area contributed by atoms with Crippen molar-refractivity contribution in [3.63, 3.8) is 0 Å². The van der Waals surface area contributed by atoms with Crippen molar-refractivity contribution in [3.05, 3.63) is 71.3 Å². The predicted octanol–water partition coefficient (Wildman–Crippen LogP) is 1.88. The second kappa shape index (κ2) is 10.2. The lowest BCUT2D eigenvalue weighted by Gasteiger charge is -2.28. The van der Waals surface area contributed by atoms with Crippen molar-refractivity contribution in [1.29, 1.82) is 0 Å². The summed E-state index contributed by atoms with van der Waals surface area (Å²) in [6.45, 7) is 3.63. The van der Waals surface area contributed by atoms with Crippen molar-refractivity contribution in [3.8, 4) is 0 Å². The van der Waals surface area contributed by atoms with E-state index in [9.17, 15) is 19.2 Å². The van der Waals surface area contributed by atoms with Gasteiger partial charge in [-0.3, -0.25) is 24.1 Å². The summed E-state index contributed by atoms with van der Waals surface area (Å²) >= 11 is 0. The number of hydrogen-bond donors (Lipinski definition) is 2. The molecule has 0 fully saturated rings. The van der Waals surface area contributed by atoms with Gasteiger partial charge in [0.15, 0.2) is 0 Å². The van der Waals surface area contributed by atoms with Gasteiger partial charge in [-0.05, 0) is 23.6 Å². The Balaban J connectivity index is 1.84. The molecule has 0 radical (unpaired) electrons. The van der Waals surface area contributed by atoms with E-state index in [2.05, 4.69) is 5.32 Å². The molecule has 0 bridgehead atoms. The van der Waals surface area contributed by atoms with Gasteiger partial charge in [0.25, 0.3) is 11.8 Å². The third-order valence-corrected chi connectivity index (χ3v) is 5.64. The van der Waals surface area contributed by atoms with Crippen LogP contribution in [0.2, 0.25) is 0 Å². The van der Waals surface area contributed by atoms with Crippen LogP contribution >= 0.6 is 0 Å². The van der Waals surface area contributed by atoms with Crippen LogP contribution in [0.4, 0.5) is 0 Å². The van der Waals surface area contributed by atoms with E-state index in [4.69, 9.17) is 10.5 Å². The Bertz CT molecular complexity index is 973. The maximum Gasteiger partial charge on any atom is 0.262 e. The smallest absolute Gasteiger partial charge is 0.262 e. The van der Waals surface area contributed by atoms with Crippen molar-refractivity contribution < 1.29 is 23.9 Å². The molecular formula is C24H27N3O5. The fourth-order valence-electron chi connectivity index (χ4n) is 3.60. The third-order valence-electron chi connectivity index (χ3n) is 5.64. The second-order valence-electron chi connectivity index (χ2n) is 7.82. The van der Waals surface area contributed by atoms with Gasteiger partial charge in [-0.1, -0.05) is 62.7 Å². The summed E-state index contributed by atoms with van der Waals surface area (Å²) < 4.78 is 5.72. The number of rotatable bonds is 10. The number of ether oxygens (including phenoxy) is 1. The molecule has 8 heteroatoms. The molecule has 0 aliphatic carbocycles. The molecule has 1 aliphatic rings. The molecule has 1 aliphatic heterocycles. The number of nitrogens with one attached hydrogen (secondary N) is 1. The van der Waals surface area contributed by atoms with E-state index >= 15 is 0 Å². The van der Waals surface area contributed by atoms with E-state index in [0.717, 1.165) is 10.5 Å². The molecule has 8 nitrogen and oxygen atoms in total. The molecular weight excluding hydrogens is 410 g/mol. The van der Waals surface area contributed by atoms with Gasteiger partial charge in [0.1, 0.15) is 12.1 Å². The number of benzene rings is 2. The topological polar surface area (TPSA) is 119 Å². The van der Waals surface area contributed by atoms with Gasteiger partial charge in [0.05, 0.1) is 24.3 Å². The highest BCUT2D eigenvalue weighted by atomic mass is 16.5. The van der Waals surface area contributed by atoms with Gasteiger partial charge in [0.2, 0.25) is 11.8 Å². The summed E-state index contributed by atoms with van der Waals surface area (Å²) in [5.74, 6) is -2.72. The summed E-state index contributed by atoms with van der Waals surface area (Å²) in [7, 11) is 0. The second-order valence-corrected chi connectivity index (χ2v) is 7.82. The summed E-state index contributed by atoms with van der Waals surface area (Å²) in [6, 6.07) is 13.5. The number of carbonyl (C=O) groups excluding carboxylic acids is 4. The average molecular weight is 437 g/mol. The summed E-state index contributed by atoms with van der Waals surface area (Å²) in [5, 5.41) is 2.62. The van der Waals surface area contributed by atoms with Crippen molar-refractivity contribution >= 4 is 23.6 Å². The minimum absolute atomic E-state index is 0.193. The van der Waals surface area contributed by atoms with Crippen molar-refractivity contribution in [2.45, 2.75) is 39.0 Å². The van der Waals surface area contributed by atoms with Gasteiger partial charge in [-0.25, -0.2) is 0 Å². The Labute approximate surface area is 186 Å². The lowest BCUT2D eigenvalue weighted by atomic mass is 9.98. The van der Waals surface area contributed by atoms with Crippen LogP contribution in [0.3, 0.4) is 0 Å². The van der Waals surface area contributed by atoms with Gasteiger partial charge >= 0.3 is 0 Å². The molecule has 32 heavy (non-hydrogen) atoms. The molecule has 0 saturated carbocycles. The number of primary amides is 1. The normalized spacial score (nSPS) is 15.8. The van der Waals surface area contributed by atoms with Crippen LogP contribution in [0, 0.1) is 5.92 Å². The van der Waals surface area contributed by atoms with Crippen molar-refractivity contribution in [1.82, 2.24) is 10.2 Å². The van der Waals surface area contributed by atoms with Gasteiger partial charge in [-0.15, -0.1) is 0 Å². The molecule has 2 aromatic rings. The first-order valence-corrected chi connectivity index (χ1v) is 10.5. The number of imide groups is 1. The quantitative estimate of drug-likeness (QED) is 0.550. The molecule has 2 aromatic carbocycles. The van der Waals surface area contributed by atoms with Crippen LogP contribution in [0.5, 0.6) is 0 Å². The molecule has 1 heterocycles. The first-order chi connectivity index (χ1) is 15.3. The van der Waals surface area contributed by atoms with Crippen LogP contribution < -0.4 is 11.1 Å². The number of hydrogen-bond acceptors (Lipinski definition) is 5. The van der Waals surface area contributed by atoms with Crippen LogP contribution in [0.1, 0.15) is 46.5 Å². The van der Waals surface area contributed by atoms with E-state index in [1.165, 1.54) is 0 Å². The van der Waals surface area contributed by atoms with Crippen molar-refractivity contribution in [2.75, 3.05) is 6.61 Å². The van der Waals surface area contributed by atoms with Crippen LogP contribution in [0.15, 0.2) is 54.6 Å². The fraction of sp³-hybridized carbons (Fsp3) is 0.333. The van der Waals surface area contributed by atoms with E-state index in [-0.39, 0.29) is 30.3 Å². The number of nitrogens with two attached hydrogens (primary N) is 1. The third kappa shape index (κ3) is 4.86. The summed E-state index contributed by atoms with van der Waals surface area (Å²) in [5.41, 5.74) is 6.82. The fourth-order valence-corrected chi connectivity index (χ4v) is 3.60. The molecule has 168 valence electrons. The minimum Gasteiger partial charge on any atom is -0.374 e. The lowest BCUT2D eigenvalue weighted by molar-refractivity contribution is -0.132. The SMILES string of the molecule is CC[C@H](C)[C@H](NC(=O)[C@H](COCc1ccccc1)N1C(=O)c2ccccc2C1=O)C(N)=O. The van der Waals surface area contributed by atoms with E-state index in [1.54, 1.807) is 31.2 Å². The molecule has 3 rings (SSSR count). The van der Waals surface area contributed by atoms with Gasteiger partial charge in [-0.2, -0.15) is 0 Å². The first kappa shape index (κ1) is 23.1. The number of carbonyl (C=O) groups is 4. The molecule has 4 amide bonds. The lowest BCUT2D eigenvalue weighted by Crippen LogP contribution is -2.57. The average Bonchev–Trinajstić information content (AvgIpc) is 3.05. The van der Waals surface area contributed by atoms with Crippen molar-refractivity contribution in [2.24, 2.45) is 11.7 Å². The minimum atomic E-state index is -1.25. The Morgan fingerprint density at radius 1 is 1.00 bits per heavy atom. The Morgan fingerprint density at radius 3 is 2.09 bits per heavy atom. The van der Waals surface area contributed by atoms with Crippen LogP contribution in [0.25, 0.3) is 0 Å². The van der Waals surface area contributed by atoms with E-state index < -0.39 is 35.7 Å². The molecule has 3 N–H and O–H groups in total. The monoisotopic (exact) mass is 437 g/mol. The zero-order chi connectivity index (χ0) is 23.3. The van der Waals surface area contributed by atoms with E-state index in [0.29, 0.717) is 6.42 Å². The Morgan fingerprint density at radius 2 is 1.56 bits per heavy atom. The van der Waals surface area contributed by atoms with Gasteiger partial charge < -0.3 is 15.8 Å². The predicted molar refractivity (Wildman–Crippen MR) is 117 cm³/mol. The first-order valence-electron chi connectivity index (χ1n) is 10.5. The largest absolute Gasteiger partial charge is 0.374 e. The molecule has 0 unspecified atom stereocenters. The van der Waals surface area contributed by atoms with Crippen LogP contribution in [-0.4, -0.2) is 47.2 Å². The zero-order valence-electron chi connectivity index (χ0n) is 18.1. The summed E-state index contributed by atoms with van der Waals surface area (Å²) in [4.78, 5) is 52.0. The summed E-state index contributed by atoms with van der Waals surface area (Å²) in [6.07, 6.45) is 0.607. The highest BCUT2D eigenvalue weighted by Crippen LogP contribution is 2.25. The van der Waals surface area contributed by atoms with E-state index in [1.807, 2.05) is 37.3 Å². The Hall–Kier alpha value is -3.52. The molecule has 0 aromatic heterocycles. The maximum atomic E-state index is 13.2. The molecule has 3 atom stereocenters.